The number of hydrogen-bond acceptors (Lipinski definition) is 4. The van der Waals surface area contributed by atoms with E-state index in [4.69, 9.17) is 11.5 Å². The van der Waals surface area contributed by atoms with E-state index in [-0.39, 0.29) is 17.9 Å². The van der Waals surface area contributed by atoms with Crippen LogP contribution in [-0.2, 0) is 0 Å². The van der Waals surface area contributed by atoms with Crippen molar-refractivity contribution >= 4 is 22.6 Å². The van der Waals surface area contributed by atoms with Crippen LogP contribution in [0, 0.1) is 6.92 Å². The molecule has 0 radical (unpaired) electrons. The van der Waals surface area contributed by atoms with Crippen molar-refractivity contribution < 1.29 is 9.59 Å². The lowest BCUT2D eigenvalue weighted by atomic mass is 9.91. The summed E-state index contributed by atoms with van der Waals surface area (Å²) >= 11 is 0. The standard InChI is InChI=1S/C18H21N3O2/c1-11-5-6-12-3-2-4-14-16(12)15(11)18(23)21(17(14)22)10-8-13(20)7-9-19/h2-6,13H,7-10,19-20H2,1H3. The smallest absolute Gasteiger partial charge is 0.261 e. The number of amides is 2. The quantitative estimate of drug-likeness (QED) is 0.824. The lowest BCUT2D eigenvalue weighted by molar-refractivity contribution is 0.0605. The molecule has 3 rings (SSSR count). The summed E-state index contributed by atoms with van der Waals surface area (Å²) in [7, 11) is 0. The highest BCUT2D eigenvalue weighted by atomic mass is 16.2. The average Bonchev–Trinajstić information content (AvgIpc) is 2.53. The molecule has 1 atom stereocenters. The Morgan fingerprint density at radius 1 is 1.09 bits per heavy atom. The molecule has 0 spiro atoms. The number of carbonyl (C=O) groups is 2. The molecule has 5 heteroatoms. The molecule has 0 bridgehead atoms. The van der Waals surface area contributed by atoms with Crippen LogP contribution in [0.4, 0.5) is 0 Å². The molecular weight excluding hydrogens is 290 g/mol. The number of benzene rings is 2. The minimum absolute atomic E-state index is 0.102. The van der Waals surface area contributed by atoms with Crippen LogP contribution in [0.2, 0.25) is 0 Å². The van der Waals surface area contributed by atoms with Gasteiger partial charge in [-0.2, -0.15) is 0 Å². The van der Waals surface area contributed by atoms with Gasteiger partial charge in [-0.25, -0.2) is 0 Å². The minimum atomic E-state index is -0.237. The molecule has 2 amide bonds. The molecule has 120 valence electrons. The van der Waals surface area contributed by atoms with E-state index in [1.54, 1.807) is 6.07 Å². The number of nitrogens with zero attached hydrogens (tertiary/aromatic N) is 1. The predicted molar refractivity (Wildman–Crippen MR) is 90.3 cm³/mol. The Hall–Kier alpha value is -2.24. The van der Waals surface area contributed by atoms with Gasteiger partial charge in [0.2, 0.25) is 0 Å². The summed E-state index contributed by atoms with van der Waals surface area (Å²) in [6.07, 6.45) is 1.24. The number of nitrogens with two attached hydrogens (primary N) is 2. The second-order valence-electron chi connectivity index (χ2n) is 6.05. The van der Waals surface area contributed by atoms with Crippen molar-refractivity contribution in [1.29, 1.82) is 0 Å². The largest absolute Gasteiger partial charge is 0.330 e. The van der Waals surface area contributed by atoms with Gasteiger partial charge >= 0.3 is 0 Å². The summed E-state index contributed by atoms with van der Waals surface area (Å²) in [5.41, 5.74) is 13.6. The van der Waals surface area contributed by atoms with E-state index >= 15 is 0 Å². The van der Waals surface area contributed by atoms with Crippen molar-refractivity contribution in [3.8, 4) is 0 Å². The first-order valence-electron chi connectivity index (χ1n) is 7.88. The van der Waals surface area contributed by atoms with Crippen molar-refractivity contribution in [3.63, 3.8) is 0 Å². The van der Waals surface area contributed by atoms with Crippen LogP contribution in [0.3, 0.4) is 0 Å². The molecule has 0 fully saturated rings. The molecule has 0 saturated heterocycles. The van der Waals surface area contributed by atoms with Crippen LogP contribution in [0.25, 0.3) is 10.8 Å². The number of rotatable bonds is 5. The predicted octanol–water partition coefficient (Wildman–Crippen LogP) is 1.81. The topological polar surface area (TPSA) is 89.4 Å². The first kappa shape index (κ1) is 15.6. The summed E-state index contributed by atoms with van der Waals surface area (Å²) < 4.78 is 0. The molecule has 0 saturated carbocycles. The van der Waals surface area contributed by atoms with Crippen LogP contribution < -0.4 is 11.5 Å². The van der Waals surface area contributed by atoms with E-state index in [1.807, 2.05) is 31.2 Å². The fourth-order valence-electron chi connectivity index (χ4n) is 3.17. The second kappa shape index (κ2) is 6.10. The minimum Gasteiger partial charge on any atom is -0.330 e. The van der Waals surface area contributed by atoms with E-state index in [1.165, 1.54) is 4.90 Å². The molecule has 2 aromatic carbocycles. The third-order valence-corrected chi connectivity index (χ3v) is 4.45. The lowest BCUT2D eigenvalue weighted by Gasteiger charge is -2.29. The molecule has 5 nitrogen and oxygen atoms in total. The molecule has 1 aliphatic rings. The van der Waals surface area contributed by atoms with Gasteiger partial charge in [-0.15, -0.1) is 0 Å². The third kappa shape index (κ3) is 2.62. The van der Waals surface area contributed by atoms with Gasteiger partial charge in [0.1, 0.15) is 0 Å². The summed E-state index contributed by atoms with van der Waals surface area (Å²) in [5.74, 6) is -0.463. The average molecular weight is 311 g/mol. The summed E-state index contributed by atoms with van der Waals surface area (Å²) in [6, 6.07) is 9.33. The van der Waals surface area contributed by atoms with E-state index in [2.05, 4.69) is 0 Å². The fourth-order valence-corrected chi connectivity index (χ4v) is 3.17. The highest BCUT2D eigenvalue weighted by Gasteiger charge is 2.33. The van der Waals surface area contributed by atoms with Gasteiger partial charge in [-0.1, -0.05) is 24.3 Å². The van der Waals surface area contributed by atoms with E-state index in [9.17, 15) is 9.59 Å². The molecule has 0 aromatic heterocycles. The molecule has 2 aromatic rings. The van der Waals surface area contributed by atoms with Crippen LogP contribution in [0.5, 0.6) is 0 Å². The van der Waals surface area contributed by atoms with Crippen molar-refractivity contribution in [2.45, 2.75) is 25.8 Å². The van der Waals surface area contributed by atoms with Crippen molar-refractivity contribution in [1.82, 2.24) is 4.90 Å². The molecule has 1 aliphatic heterocycles. The van der Waals surface area contributed by atoms with Crippen LogP contribution in [0.15, 0.2) is 30.3 Å². The van der Waals surface area contributed by atoms with Gasteiger partial charge < -0.3 is 11.5 Å². The summed E-state index contributed by atoms with van der Waals surface area (Å²) in [4.78, 5) is 26.9. The monoisotopic (exact) mass is 311 g/mol. The summed E-state index contributed by atoms with van der Waals surface area (Å²) in [6.45, 7) is 2.73. The van der Waals surface area contributed by atoms with Gasteiger partial charge in [0, 0.05) is 23.5 Å². The van der Waals surface area contributed by atoms with Gasteiger partial charge in [-0.05, 0) is 43.3 Å². The third-order valence-electron chi connectivity index (χ3n) is 4.45. The first-order chi connectivity index (χ1) is 11.0. The molecule has 23 heavy (non-hydrogen) atoms. The number of imide groups is 1. The number of aryl methyl sites for hydroxylation is 1. The van der Waals surface area contributed by atoms with Crippen molar-refractivity contribution in [2.24, 2.45) is 11.5 Å². The molecule has 1 unspecified atom stereocenters. The zero-order valence-corrected chi connectivity index (χ0v) is 13.2. The Bertz CT molecular complexity index is 785. The Kier molecular flexibility index (Phi) is 4.15. The molecule has 0 aliphatic carbocycles. The SMILES string of the molecule is Cc1ccc2cccc3c2c1C(=O)N(CCC(N)CCN)C3=O. The molecule has 1 heterocycles. The van der Waals surface area contributed by atoms with Gasteiger partial charge in [-0.3, -0.25) is 14.5 Å². The Morgan fingerprint density at radius 2 is 1.87 bits per heavy atom. The van der Waals surface area contributed by atoms with E-state index < -0.39 is 0 Å². The van der Waals surface area contributed by atoms with Crippen LogP contribution >= 0.6 is 0 Å². The van der Waals surface area contributed by atoms with Gasteiger partial charge in [0.05, 0.1) is 5.56 Å². The molecular formula is C18H21N3O2. The van der Waals surface area contributed by atoms with Gasteiger partial charge in [0.15, 0.2) is 0 Å². The maximum absolute atomic E-state index is 12.8. The number of hydrogen-bond donors (Lipinski definition) is 2. The fraction of sp³-hybridized carbons (Fsp3) is 0.333. The van der Waals surface area contributed by atoms with E-state index in [0.29, 0.717) is 37.1 Å². The second-order valence-corrected chi connectivity index (χ2v) is 6.05. The van der Waals surface area contributed by atoms with Crippen molar-refractivity contribution in [3.05, 3.63) is 47.0 Å². The van der Waals surface area contributed by atoms with Crippen LogP contribution in [0.1, 0.15) is 39.1 Å². The zero-order chi connectivity index (χ0) is 16.6. The Balaban J connectivity index is 2.00. The zero-order valence-electron chi connectivity index (χ0n) is 13.2. The Labute approximate surface area is 135 Å². The highest BCUT2D eigenvalue weighted by Crippen LogP contribution is 2.32. The maximum Gasteiger partial charge on any atom is 0.261 e. The normalized spacial score (nSPS) is 15.3. The summed E-state index contributed by atoms with van der Waals surface area (Å²) in [5, 5.41) is 1.69. The maximum atomic E-state index is 12.8. The number of carbonyl (C=O) groups excluding carboxylic acids is 2. The highest BCUT2D eigenvalue weighted by molar-refractivity contribution is 6.26. The Morgan fingerprint density at radius 3 is 2.61 bits per heavy atom. The van der Waals surface area contributed by atoms with Gasteiger partial charge in [0.25, 0.3) is 11.8 Å². The lowest BCUT2D eigenvalue weighted by Crippen LogP contribution is -2.43. The van der Waals surface area contributed by atoms with Crippen molar-refractivity contribution in [2.75, 3.05) is 13.1 Å². The van der Waals surface area contributed by atoms with E-state index in [0.717, 1.165) is 16.3 Å². The molecule has 4 N–H and O–H groups in total. The first-order valence-corrected chi connectivity index (χ1v) is 7.88. The van der Waals surface area contributed by atoms with Crippen LogP contribution in [-0.4, -0.2) is 35.8 Å².